The van der Waals surface area contributed by atoms with Crippen LogP contribution in [0.5, 0.6) is 0 Å². The van der Waals surface area contributed by atoms with Crippen molar-refractivity contribution in [3.8, 4) is 0 Å². The second-order valence-corrected chi connectivity index (χ2v) is 27.2. The first kappa shape index (κ1) is 82.5. The molecule has 6 aromatic carbocycles. The van der Waals surface area contributed by atoms with E-state index in [-0.39, 0.29) is 97.4 Å². The first-order valence-electron chi connectivity index (χ1n) is 32.7. The number of methoxy groups -OCH3 is 2. The van der Waals surface area contributed by atoms with E-state index in [9.17, 15) is 24.3 Å². The maximum absolute atomic E-state index is 14.3. The zero-order valence-electron chi connectivity index (χ0n) is 57.6. The minimum Gasteiger partial charge on any atom is -0.870 e. The van der Waals surface area contributed by atoms with E-state index >= 15 is 0 Å². The molecule has 0 saturated carbocycles. The van der Waals surface area contributed by atoms with Crippen LogP contribution in [0.1, 0.15) is 165 Å². The maximum atomic E-state index is 14.3. The number of carbonyl (C=O) groups is 4. The molecule has 1 heterocycles. The van der Waals surface area contributed by atoms with Gasteiger partial charge in [0.25, 0.3) is 0 Å². The summed E-state index contributed by atoms with van der Waals surface area (Å²) in [5.74, 6) is -1.01. The van der Waals surface area contributed by atoms with Crippen molar-refractivity contribution in [1.82, 2.24) is 0 Å². The number of thioether (sulfide) groups is 1. The molecular formula is C78H105LiO13S2. The molecule has 1 saturated heterocycles. The van der Waals surface area contributed by atoms with Gasteiger partial charge in [-0.2, -0.15) is 12.6 Å². The molecule has 16 heteroatoms. The van der Waals surface area contributed by atoms with E-state index in [2.05, 4.69) is 168 Å². The molecule has 4 N–H and O–H groups in total. The van der Waals surface area contributed by atoms with Crippen molar-refractivity contribution in [3.63, 3.8) is 0 Å². The molecule has 94 heavy (non-hydrogen) atoms. The fraction of sp³-hybridized carbons (Fsp3) is 0.487. The number of epoxide rings is 1. The van der Waals surface area contributed by atoms with Crippen LogP contribution < -0.4 is 18.9 Å². The van der Waals surface area contributed by atoms with Gasteiger partial charge in [-0.05, 0) is 122 Å². The zero-order chi connectivity index (χ0) is 67.2. The van der Waals surface area contributed by atoms with Gasteiger partial charge in [0.05, 0.1) is 61.5 Å². The molecule has 0 aromatic heterocycles. The van der Waals surface area contributed by atoms with E-state index in [4.69, 9.17) is 33.9 Å². The van der Waals surface area contributed by atoms with Gasteiger partial charge >= 0.3 is 42.7 Å². The Morgan fingerprint density at radius 3 is 1.15 bits per heavy atom. The molecule has 7 rings (SSSR count). The number of thiol groups is 1. The Bertz CT molecular complexity index is 2980. The number of hydrogen-bond acceptors (Lipinski definition) is 15. The van der Waals surface area contributed by atoms with Crippen molar-refractivity contribution >= 4 is 48.3 Å². The van der Waals surface area contributed by atoms with Gasteiger partial charge in [-0.15, -0.1) is 11.8 Å². The standard InChI is InChI=1S/C39H52O6S.C38H48O5.CH4OS.Li.H2O/c1-6-29(2)22-32(31-16-10-7-11-17-31)24-39(33-18-12-8-13-19-33,34-20-14-9-15-21-34)27-38(4,23-30(3)36(42)44-5)37(43)45-25-35(41)26-46-28-40;1-6-28(2)22-31(30-16-10-7-11-17-30)24-38(32-18-12-8-13-19-32,33-20-14-9-15-21-33)27-37(4,23-29(3)35(39)41-5)36(40)43-26-34-25-42-34;2-1-3;;/h7-21,29-30,32,35,40-41H,6,22-28H2,1-5H3;7-21,28-29,31,34H,6,22-27H2,1-5H3;2-3H,1H2;;1H2/q;;;+1;/p-1. The molecule has 13 nitrogen and oxygen atoms in total. The predicted molar refractivity (Wildman–Crippen MR) is 375 cm³/mol. The topological polar surface area (TPSA) is 208 Å². The van der Waals surface area contributed by atoms with Gasteiger partial charge in [0.2, 0.25) is 0 Å². The minimum absolute atomic E-state index is 0. The summed E-state index contributed by atoms with van der Waals surface area (Å²) in [6.07, 6.45) is 6.11. The Labute approximate surface area is 583 Å². The van der Waals surface area contributed by atoms with Crippen LogP contribution in [-0.2, 0) is 53.7 Å². The van der Waals surface area contributed by atoms with E-state index in [1.807, 2.05) is 75.4 Å². The molecule has 508 valence electrons. The van der Waals surface area contributed by atoms with Crippen LogP contribution in [0.25, 0.3) is 0 Å². The number of benzene rings is 6. The van der Waals surface area contributed by atoms with Gasteiger partial charge in [0, 0.05) is 16.6 Å². The molecule has 6 aromatic rings. The number of aliphatic hydroxyl groups excluding tert-OH is 3. The number of aliphatic hydroxyl groups is 3. The average molecular weight is 1320 g/mol. The molecule has 0 spiro atoms. The molecule has 0 bridgehead atoms. The average Bonchev–Trinajstić information content (AvgIpc) is 0.903. The Balaban J connectivity index is 0.000000462. The predicted octanol–water partition coefficient (Wildman–Crippen LogP) is 12.6. The number of esters is 4. The Kier molecular flexibility index (Phi) is 36.9. The first-order chi connectivity index (χ1) is 44.2. The third-order valence-corrected chi connectivity index (χ3v) is 19.3. The molecular weight excluding hydrogens is 1220 g/mol. The van der Waals surface area contributed by atoms with Crippen molar-refractivity contribution in [2.24, 2.45) is 34.5 Å². The van der Waals surface area contributed by atoms with Crippen LogP contribution >= 0.6 is 24.4 Å². The number of rotatable bonds is 35. The van der Waals surface area contributed by atoms with Crippen LogP contribution in [0.15, 0.2) is 182 Å². The third kappa shape index (κ3) is 24.7. The summed E-state index contributed by atoms with van der Waals surface area (Å²) in [5, 5.41) is 27.1. The van der Waals surface area contributed by atoms with Gasteiger partial charge in [-0.3, -0.25) is 19.2 Å². The summed E-state index contributed by atoms with van der Waals surface area (Å²) < 4.78 is 27.3. The van der Waals surface area contributed by atoms with Crippen LogP contribution in [0, 0.1) is 34.5 Å². The van der Waals surface area contributed by atoms with Gasteiger partial charge in [-0.25, -0.2) is 0 Å². The van der Waals surface area contributed by atoms with E-state index in [0.29, 0.717) is 37.7 Å². The summed E-state index contributed by atoms with van der Waals surface area (Å²) in [6, 6.07) is 63.3. The second kappa shape index (κ2) is 42.1. The van der Waals surface area contributed by atoms with E-state index in [1.54, 1.807) is 6.92 Å². The van der Waals surface area contributed by atoms with Crippen LogP contribution in [0.2, 0.25) is 0 Å². The van der Waals surface area contributed by atoms with E-state index in [1.165, 1.54) is 25.3 Å². The largest absolute Gasteiger partial charge is 1.00 e. The number of carbonyl (C=O) groups excluding carboxylic acids is 4. The fourth-order valence-electron chi connectivity index (χ4n) is 13.5. The summed E-state index contributed by atoms with van der Waals surface area (Å²) in [6.45, 7) is 17.2. The fourth-order valence-corrected chi connectivity index (χ4v) is 13.9. The summed E-state index contributed by atoms with van der Waals surface area (Å²) in [7, 11) is 2.76. The number of ether oxygens (including phenoxy) is 5. The summed E-state index contributed by atoms with van der Waals surface area (Å²) in [4.78, 5) is 53.9. The zero-order valence-corrected chi connectivity index (χ0v) is 59.3. The monoisotopic (exact) mass is 1320 g/mol. The summed E-state index contributed by atoms with van der Waals surface area (Å²) >= 11 is 4.51. The molecule has 10 unspecified atom stereocenters. The molecule has 1 aliphatic rings. The van der Waals surface area contributed by atoms with Crippen LogP contribution in [0.4, 0.5) is 0 Å². The molecule has 0 radical (unpaired) electrons. The first-order valence-corrected chi connectivity index (χ1v) is 34.5. The molecule has 10 atom stereocenters. The van der Waals surface area contributed by atoms with Crippen molar-refractivity contribution in [2.45, 2.75) is 154 Å². The smallest absolute Gasteiger partial charge is 0.870 e. The third-order valence-electron chi connectivity index (χ3n) is 18.5. The van der Waals surface area contributed by atoms with Gasteiger partial charge in [0.1, 0.15) is 19.3 Å². The Hall–Kier alpha value is -5.70. The molecule has 1 aliphatic heterocycles. The SMILES string of the molecule is CCC(C)CC(CC(CC(C)(CC(C)C(=O)OC)C(=O)OCC(O)CSCO)(c1ccccc1)c1ccccc1)c1ccccc1.CCC(C)CC(CC(CC(C)(CC(C)C(=O)OC)C(=O)OCC1CO1)(c1ccccc1)c1ccccc1)c1ccccc1.OCS.[Li+].[OH-]. The second-order valence-electron chi connectivity index (χ2n) is 25.9. The summed E-state index contributed by atoms with van der Waals surface area (Å²) in [5.41, 5.74) is 3.77. The van der Waals surface area contributed by atoms with E-state index < -0.39 is 45.6 Å². The molecule has 1 fully saturated rings. The molecule has 0 aliphatic carbocycles. The van der Waals surface area contributed by atoms with Gasteiger partial charge in [-0.1, -0.05) is 236 Å². The normalized spacial score (nSPS) is 16.1. The van der Waals surface area contributed by atoms with Crippen LogP contribution in [0.3, 0.4) is 0 Å². The van der Waals surface area contributed by atoms with Gasteiger partial charge in [0.15, 0.2) is 0 Å². The van der Waals surface area contributed by atoms with Crippen LogP contribution in [-0.4, -0.2) is 109 Å². The van der Waals surface area contributed by atoms with Gasteiger partial charge < -0.3 is 44.5 Å². The quantitative estimate of drug-likeness (QED) is 0.00729. The Morgan fingerprint density at radius 2 is 0.862 bits per heavy atom. The number of hydrogen-bond donors (Lipinski definition) is 4. The van der Waals surface area contributed by atoms with Crippen molar-refractivity contribution in [3.05, 3.63) is 215 Å². The molecule has 0 amide bonds. The van der Waals surface area contributed by atoms with Crippen molar-refractivity contribution in [2.75, 3.05) is 51.7 Å². The van der Waals surface area contributed by atoms with E-state index in [0.717, 1.165) is 72.5 Å². The minimum atomic E-state index is -1.12. The Morgan fingerprint density at radius 1 is 0.553 bits per heavy atom. The van der Waals surface area contributed by atoms with Crippen molar-refractivity contribution in [1.29, 1.82) is 0 Å². The maximum Gasteiger partial charge on any atom is 1.00 e. The van der Waals surface area contributed by atoms with Crippen molar-refractivity contribution < 1.29 is 82.5 Å².